The summed E-state index contributed by atoms with van der Waals surface area (Å²) in [6.07, 6.45) is 3.36. The van der Waals surface area contributed by atoms with Crippen LogP contribution in [0.4, 0.5) is 0 Å². The van der Waals surface area contributed by atoms with Gasteiger partial charge in [-0.1, -0.05) is 32.3 Å². The summed E-state index contributed by atoms with van der Waals surface area (Å²) in [7, 11) is 0. The van der Waals surface area contributed by atoms with E-state index in [1.165, 1.54) is 0 Å². The molecule has 110 valence electrons. The van der Waals surface area contributed by atoms with Crippen molar-refractivity contribution in [1.82, 2.24) is 5.32 Å². The van der Waals surface area contributed by atoms with Gasteiger partial charge in [0.15, 0.2) is 5.84 Å². The number of nitrogens with one attached hydrogen (secondary N) is 1. The second-order valence-corrected chi connectivity index (χ2v) is 6.20. The van der Waals surface area contributed by atoms with E-state index in [1.807, 2.05) is 6.92 Å². The van der Waals surface area contributed by atoms with Gasteiger partial charge < -0.3 is 16.3 Å². The zero-order chi connectivity index (χ0) is 14.6. The first-order valence-corrected chi connectivity index (χ1v) is 7.14. The van der Waals surface area contributed by atoms with Crippen molar-refractivity contribution in [3.63, 3.8) is 0 Å². The van der Waals surface area contributed by atoms with Gasteiger partial charge in [-0.15, -0.1) is 0 Å². The SMILES string of the molecule is CCC(C)CC(C)NC(=O)C1(C(N)=NO)CC(C)C1. The van der Waals surface area contributed by atoms with Crippen LogP contribution < -0.4 is 11.1 Å². The van der Waals surface area contributed by atoms with E-state index in [-0.39, 0.29) is 17.8 Å². The van der Waals surface area contributed by atoms with Gasteiger partial charge >= 0.3 is 0 Å². The summed E-state index contributed by atoms with van der Waals surface area (Å²) in [5.41, 5.74) is 4.92. The standard InChI is InChI=1S/C14H27N3O2/c1-5-9(2)6-11(4)16-13(18)14(12(15)17-19)7-10(3)8-14/h9-11,19H,5-8H2,1-4H3,(H2,15,17)(H,16,18). The zero-order valence-electron chi connectivity index (χ0n) is 12.4. The molecule has 0 aromatic rings. The molecule has 1 aliphatic carbocycles. The number of hydrogen-bond donors (Lipinski definition) is 3. The van der Waals surface area contributed by atoms with E-state index in [2.05, 4.69) is 31.2 Å². The van der Waals surface area contributed by atoms with Gasteiger partial charge in [-0.3, -0.25) is 4.79 Å². The van der Waals surface area contributed by atoms with E-state index in [4.69, 9.17) is 10.9 Å². The summed E-state index contributed by atoms with van der Waals surface area (Å²) in [5, 5.41) is 14.9. The van der Waals surface area contributed by atoms with E-state index in [1.54, 1.807) is 0 Å². The summed E-state index contributed by atoms with van der Waals surface area (Å²) >= 11 is 0. The molecular weight excluding hydrogens is 242 g/mol. The van der Waals surface area contributed by atoms with Crippen molar-refractivity contribution in [1.29, 1.82) is 0 Å². The molecule has 0 aromatic carbocycles. The Bertz CT molecular complexity index is 349. The fourth-order valence-corrected chi connectivity index (χ4v) is 2.93. The fraction of sp³-hybridized carbons (Fsp3) is 0.857. The molecule has 1 saturated carbocycles. The highest BCUT2D eigenvalue weighted by molar-refractivity contribution is 6.07. The van der Waals surface area contributed by atoms with Crippen molar-refractivity contribution in [3.8, 4) is 0 Å². The lowest BCUT2D eigenvalue weighted by molar-refractivity contribution is -0.133. The number of rotatable bonds is 6. The Labute approximate surface area is 115 Å². The normalized spacial score (nSPS) is 30.3. The van der Waals surface area contributed by atoms with Crippen LogP contribution in [0.15, 0.2) is 5.16 Å². The van der Waals surface area contributed by atoms with Gasteiger partial charge in [-0.2, -0.15) is 0 Å². The summed E-state index contributed by atoms with van der Waals surface area (Å²) in [6, 6.07) is 0.113. The lowest BCUT2D eigenvalue weighted by Crippen LogP contribution is -2.58. The van der Waals surface area contributed by atoms with Crippen molar-refractivity contribution >= 4 is 11.7 Å². The van der Waals surface area contributed by atoms with Gasteiger partial charge in [0.2, 0.25) is 5.91 Å². The van der Waals surface area contributed by atoms with Crippen LogP contribution in [-0.4, -0.2) is 23.0 Å². The molecule has 5 heteroatoms. The van der Waals surface area contributed by atoms with Crippen LogP contribution in [0.5, 0.6) is 0 Å². The molecule has 19 heavy (non-hydrogen) atoms. The fourth-order valence-electron chi connectivity index (χ4n) is 2.93. The third kappa shape index (κ3) is 3.39. The number of amides is 1. The highest BCUT2D eigenvalue weighted by Gasteiger charge is 2.52. The molecule has 1 rings (SSSR count). The quantitative estimate of drug-likeness (QED) is 0.298. The smallest absolute Gasteiger partial charge is 0.234 e. The molecule has 4 N–H and O–H groups in total. The maximum atomic E-state index is 12.4. The van der Waals surface area contributed by atoms with Crippen LogP contribution in [0, 0.1) is 17.3 Å². The molecule has 0 bridgehead atoms. The van der Waals surface area contributed by atoms with Gasteiger partial charge in [0.05, 0.1) is 0 Å². The van der Waals surface area contributed by atoms with Gasteiger partial charge in [0.1, 0.15) is 5.41 Å². The molecule has 0 radical (unpaired) electrons. The Kier molecular flexibility index (Phi) is 5.20. The third-order valence-corrected chi connectivity index (χ3v) is 4.26. The molecule has 5 nitrogen and oxygen atoms in total. The average molecular weight is 269 g/mol. The molecule has 0 aromatic heterocycles. The molecular formula is C14H27N3O2. The number of amidine groups is 1. The Hall–Kier alpha value is -1.26. The second kappa shape index (κ2) is 6.26. The molecule has 0 aliphatic heterocycles. The first-order valence-electron chi connectivity index (χ1n) is 7.14. The topological polar surface area (TPSA) is 87.7 Å². The van der Waals surface area contributed by atoms with Crippen molar-refractivity contribution in [2.24, 2.45) is 28.1 Å². The van der Waals surface area contributed by atoms with Crippen molar-refractivity contribution < 1.29 is 10.0 Å². The molecule has 0 saturated heterocycles. The Morgan fingerprint density at radius 3 is 2.53 bits per heavy atom. The van der Waals surface area contributed by atoms with Crippen LogP contribution >= 0.6 is 0 Å². The van der Waals surface area contributed by atoms with Gasteiger partial charge in [-0.25, -0.2) is 0 Å². The molecule has 0 spiro atoms. The molecule has 2 unspecified atom stereocenters. The van der Waals surface area contributed by atoms with Crippen molar-refractivity contribution in [2.75, 3.05) is 0 Å². The molecule has 1 fully saturated rings. The zero-order valence-corrected chi connectivity index (χ0v) is 12.4. The maximum absolute atomic E-state index is 12.4. The number of nitrogens with zero attached hydrogens (tertiary/aromatic N) is 1. The molecule has 1 amide bonds. The van der Waals surface area contributed by atoms with E-state index >= 15 is 0 Å². The average Bonchev–Trinajstić information content (AvgIpc) is 2.32. The largest absolute Gasteiger partial charge is 0.409 e. The van der Waals surface area contributed by atoms with E-state index in [0.29, 0.717) is 24.7 Å². The summed E-state index contributed by atoms with van der Waals surface area (Å²) in [6.45, 7) is 8.39. The van der Waals surface area contributed by atoms with Crippen LogP contribution in [0.1, 0.15) is 53.4 Å². The number of nitrogens with two attached hydrogens (primary N) is 1. The predicted molar refractivity (Wildman–Crippen MR) is 75.9 cm³/mol. The summed E-state index contributed by atoms with van der Waals surface area (Å²) in [4.78, 5) is 12.4. The minimum absolute atomic E-state index is 0.0406. The van der Waals surface area contributed by atoms with Crippen LogP contribution in [0.2, 0.25) is 0 Å². The number of carbonyl (C=O) groups excluding carboxylic acids is 1. The minimum Gasteiger partial charge on any atom is -0.409 e. The number of carbonyl (C=O) groups is 1. The van der Waals surface area contributed by atoms with Crippen LogP contribution in [0.25, 0.3) is 0 Å². The van der Waals surface area contributed by atoms with E-state index in [9.17, 15) is 4.79 Å². The Morgan fingerprint density at radius 2 is 2.11 bits per heavy atom. The second-order valence-electron chi connectivity index (χ2n) is 6.20. The minimum atomic E-state index is -0.794. The summed E-state index contributed by atoms with van der Waals surface area (Å²) in [5.74, 6) is 0.960. The highest BCUT2D eigenvalue weighted by Crippen LogP contribution is 2.46. The summed E-state index contributed by atoms with van der Waals surface area (Å²) < 4.78 is 0. The van der Waals surface area contributed by atoms with Gasteiger partial charge in [0.25, 0.3) is 0 Å². The molecule has 1 aliphatic rings. The number of oxime groups is 1. The highest BCUT2D eigenvalue weighted by atomic mass is 16.4. The van der Waals surface area contributed by atoms with Crippen molar-refractivity contribution in [3.05, 3.63) is 0 Å². The monoisotopic (exact) mass is 269 g/mol. The Balaban J connectivity index is 2.65. The number of hydrogen-bond acceptors (Lipinski definition) is 3. The third-order valence-electron chi connectivity index (χ3n) is 4.26. The van der Waals surface area contributed by atoms with E-state index in [0.717, 1.165) is 12.8 Å². The van der Waals surface area contributed by atoms with Gasteiger partial charge in [-0.05, 0) is 38.0 Å². The maximum Gasteiger partial charge on any atom is 0.234 e. The lowest BCUT2D eigenvalue weighted by Gasteiger charge is -2.44. The van der Waals surface area contributed by atoms with Crippen LogP contribution in [-0.2, 0) is 4.79 Å². The first-order chi connectivity index (χ1) is 8.85. The molecule has 2 atom stereocenters. The van der Waals surface area contributed by atoms with Crippen LogP contribution in [0.3, 0.4) is 0 Å². The predicted octanol–water partition coefficient (Wildman–Crippen LogP) is 2.09. The first kappa shape index (κ1) is 15.8. The molecule has 0 heterocycles. The van der Waals surface area contributed by atoms with Crippen molar-refractivity contribution in [2.45, 2.75) is 59.4 Å². The Morgan fingerprint density at radius 1 is 1.53 bits per heavy atom. The lowest BCUT2D eigenvalue weighted by atomic mass is 9.61. The van der Waals surface area contributed by atoms with Gasteiger partial charge in [0, 0.05) is 6.04 Å². The van der Waals surface area contributed by atoms with E-state index < -0.39 is 5.41 Å².